The molecule has 0 amide bonds. The highest BCUT2D eigenvalue weighted by molar-refractivity contribution is 5.39. The van der Waals surface area contributed by atoms with Gasteiger partial charge in [-0.05, 0) is 47.9 Å². The van der Waals surface area contributed by atoms with Crippen molar-refractivity contribution in [3.8, 4) is 0 Å². The highest BCUT2D eigenvalue weighted by atomic mass is 19.4. The van der Waals surface area contributed by atoms with Gasteiger partial charge in [0.1, 0.15) is 0 Å². The highest BCUT2D eigenvalue weighted by Gasteiger charge is 2.31. The first-order chi connectivity index (χ1) is 9.70. The zero-order chi connectivity index (χ0) is 15.8. The van der Waals surface area contributed by atoms with Crippen molar-refractivity contribution in [2.24, 2.45) is 5.73 Å². The van der Waals surface area contributed by atoms with E-state index in [-0.39, 0.29) is 5.56 Å². The molecule has 0 aliphatic carbocycles. The third-order valence-electron chi connectivity index (χ3n) is 3.23. The normalized spacial score (nSPS) is 13.3. The Kier molecular flexibility index (Phi) is 4.00. The van der Waals surface area contributed by atoms with E-state index in [0.717, 1.165) is 24.3 Å². The molecule has 21 heavy (non-hydrogen) atoms. The maximum Gasteiger partial charge on any atom is 0.416 e. The van der Waals surface area contributed by atoms with Crippen molar-refractivity contribution in [2.75, 3.05) is 0 Å². The van der Waals surface area contributed by atoms with Crippen molar-refractivity contribution >= 4 is 0 Å². The summed E-state index contributed by atoms with van der Waals surface area (Å²) in [5.74, 6) is -2.05. The van der Waals surface area contributed by atoms with Gasteiger partial charge in [0.15, 0.2) is 11.6 Å². The number of alkyl halides is 3. The van der Waals surface area contributed by atoms with Crippen LogP contribution in [0.15, 0.2) is 36.4 Å². The van der Waals surface area contributed by atoms with Crippen LogP contribution in [0.3, 0.4) is 0 Å². The fraction of sp³-hybridized carbons (Fsp3) is 0.200. The standard InChI is InChI=1S/C15H12F5N/c1-8-6-10(15(18,19)20)3-4-11(8)14(21)9-2-5-12(16)13(17)7-9/h2-7,14H,21H2,1H3. The minimum Gasteiger partial charge on any atom is -0.320 e. The molecular formula is C15H12F5N. The van der Waals surface area contributed by atoms with Crippen molar-refractivity contribution in [1.29, 1.82) is 0 Å². The Morgan fingerprint density at radius 1 is 0.952 bits per heavy atom. The van der Waals surface area contributed by atoms with Crippen LogP contribution in [0.4, 0.5) is 22.0 Å². The molecule has 0 heterocycles. The van der Waals surface area contributed by atoms with E-state index >= 15 is 0 Å². The molecule has 0 fully saturated rings. The van der Waals surface area contributed by atoms with E-state index in [4.69, 9.17) is 5.73 Å². The second kappa shape index (κ2) is 5.44. The third kappa shape index (κ3) is 3.21. The lowest BCUT2D eigenvalue weighted by Crippen LogP contribution is -2.15. The summed E-state index contributed by atoms with van der Waals surface area (Å²) >= 11 is 0. The summed E-state index contributed by atoms with van der Waals surface area (Å²) in [6.45, 7) is 1.49. The molecule has 2 aromatic rings. The molecule has 1 nitrogen and oxygen atoms in total. The van der Waals surface area contributed by atoms with Gasteiger partial charge in [-0.3, -0.25) is 0 Å². The monoisotopic (exact) mass is 301 g/mol. The zero-order valence-electron chi connectivity index (χ0n) is 11.0. The highest BCUT2D eigenvalue weighted by Crippen LogP contribution is 2.32. The Labute approximate surface area is 118 Å². The van der Waals surface area contributed by atoms with Crippen LogP contribution >= 0.6 is 0 Å². The maximum absolute atomic E-state index is 13.2. The topological polar surface area (TPSA) is 26.0 Å². The Balaban J connectivity index is 2.39. The van der Waals surface area contributed by atoms with Crippen LogP contribution in [-0.4, -0.2) is 0 Å². The van der Waals surface area contributed by atoms with Crippen LogP contribution < -0.4 is 5.73 Å². The summed E-state index contributed by atoms with van der Waals surface area (Å²) in [5, 5.41) is 0. The number of halogens is 5. The molecule has 6 heteroatoms. The van der Waals surface area contributed by atoms with Gasteiger partial charge in [-0.2, -0.15) is 13.2 Å². The second-order valence-electron chi connectivity index (χ2n) is 4.72. The molecule has 112 valence electrons. The third-order valence-corrected chi connectivity index (χ3v) is 3.23. The van der Waals surface area contributed by atoms with E-state index < -0.39 is 29.4 Å². The summed E-state index contributed by atoms with van der Waals surface area (Å²) < 4.78 is 63.9. The molecule has 0 aromatic heterocycles. The SMILES string of the molecule is Cc1cc(C(F)(F)F)ccc1C(N)c1ccc(F)c(F)c1. The van der Waals surface area contributed by atoms with E-state index in [2.05, 4.69) is 0 Å². The van der Waals surface area contributed by atoms with Crippen LogP contribution in [0.25, 0.3) is 0 Å². The number of hydrogen-bond acceptors (Lipinski definition) is 1. The van der Waals surface area contributed by atoms with Crippen molar-refractivity contribution in [3.05, 3.63) is 70.3 Å². The van der Waals surface area contributed by atoms with Gasteiger partial charge in [0.2, 0.25) is 0 Å². The van der Waals surface area contributed by atoms with Crippen molar-refractivity contribution in [1.82, 2.24) is 0 Å². The molecule has 1 unspecified atom stereocenters. The summed E-state index contributed by atoms with van der Waals surface area (Å²) in [6.07, 6.45) is -4.44. The summed E-state index contributed by atoms with van der Waals surface area (Å²) in [4.78, 5) is 0. The Bertz CT molecular complexity index is 664. The first-order valence-corrected chi connectivity index (χ1v) is 6.08. The lowest BCUT2D eigenvalue weighted by Gasteiger charge is -2.17. The number of benzene rings is 2. The molecule has 0 aliphatic heterocycles. The van der Waals surface area contributed by atoms with Crippen LogP contribution in [0, 0.1) is 18.6 Å². The van der Waals surface area contributed by atoms with E-state index in [9.17, 15) is 22.0 Å². The molecule has 0 radical (unpaired) electrons. The predicted octanol–water partition coefficient (Wildman–Crippen LogP) is 4.34. The molecule has 2 N–H and O–H groups in total. The summed E-state index contributed by atoms with van der Waals surface area (Å²) in [6, 6.07) is 5.50. The largest absolute Gasteiger partial charge is 0.416 e. The fourth-order valence-electron chi connectivity index (χ4n) is 2.09. The number of aryl methyl sites for hydroxylation is 1. The van der Waals surface area contributed by atoms with Gasteiger partial charge in [0.05, 0.1) is 11.6 Å². The molecular weight excluding hydrogens is 289 g/mol. The quantitative estimate of drug-likeness (QED) is 0.820. The lowest BCUT2D eigenvalue weighted by atomic mass is 9.94. The summed E-state index contributed by atoms with van der Waals surface area (Å²) in [5.41, 5.74) is 6.20. The van der Waals surface area contributed by atoms with Gasteiger partial charge >= 0.3 is 6.18 Å². The van der Waals surface area contributed by atoms with Gasteiger partial charge in [0, 0.05) is 0 Å². The van der Waals surface area contributed by atoms with Crippen LogP contribution in [0.2, 0.25) is 0 Å². The summed E-state index contributed by atoms with van der Waals surface area (Å²) in [7, 11) is 0. The van der Waals surface area contributed by atoms with Gasteiger partial charge in [0.25, 0.3) is 0 Å². The lowest BCUT2D eigenvalue weighted by molar-refractivity contribution is -0.137. The minimum atomic E-state index is -4.44. The van der Waals surface area contributed by atoms with Crippen LogP contribution in [0.5, 0.6) is 0 Å². The maximum atomic E-state index is 13.2. The molecule has 1 atom stereocenters. The minimum absolute atomic E-state index is 0.289. The predicted molar refractivity (Wildman–Crippen MR) is 68.6 cm³/mol. The van der Waals surface area contributed by atoms with E-state index in [1.165, 1.54) is 19.1 Å². The average molecular weight is 301 g/mol. The number of hydrogen-bond donors (Lipinski definition) is 1. The van der Waals surface area contributed by atoms with Gasteiger partial charge in [-0.25, -0.2) is 8.78 Å². The van der Waals surface area contributed by atoms with Crippen molar-refractivity contribution < 1.29 is 22.0 Å². The molecule has 2 aromatic carbocycles. The van der Waals surface area contributed by atoms with E-state index in [0.29, 0.717) is 11.1 Å². The molecule has 0 bridgehead atoms. The zero-order valence-corrected chi connectivity index (χ0v) is 11.0. The van der Waals surface area contributed by atoms with Crippen LogP contribution in [0.1, 0.15) is 28.3 Å². The van der Waals surface area contributed by atoms with Gasteiger partial charge in [-0.15, -0.1) is 0 Å². The van der Waals surface area contributed by atoms with Crippen molar-refractivity contribution in [3.63, 3.8) is 0 Å². The number of nitrogens with two attached hydrogens (primary N) is 1. The first kappa shape index (κ1) is 15.4. The van der Waals surface area contributed by atoms with E-state index in [1.54, 1.807) is 0 Å². The number of rotatable bonds is 2. The Morgan fingerprint density at radius 2 is 1.62 bits per heavy atom. The second-order valence-corrected chi connectivity index (χ2v) is 4.72. The molecule has 0 saturated carbocycles. The smallest absolute Gasteiger partial charge is 0.320 e. The van der Waals surface area contributed by atoms with Crippen molar-refractivity contribution in [2.45, 2.75) is 19.1 Å². The van der Waals surface area contributed by atoms with Gasteiger partial charge < -0.3 is 5.73 Å². The molecule has 0 aliphatic rings. The van der Waals surface area contributed by atoms with Gasteiger partial charge in [-0.1, -0.05) is 12.1 Å². The van der Waals surface area contributed by atoms with Crippen LogP contribution in [-0.2, 0) is 6.18 Å². The Hall–Kier alpha value is -1.95. The van der Waals surface area contributed by atoms with E-state index in [1.807, 2.05) is 0 Å². The fourth-order valence-corrected chi connectivity index (χ4v) is 2.09. The first-order valence-electron chi connectivity index (χ1n) is 6.08. The molecule has 2 rings (SSSR count). The Morgan fingerprint density at radius 3 is 2.14 bits per heavy atom. The average Bonchev–Trinajstić information content (AvgIpc) is 2.40. The molecule has 0 spiro atoms. The molecule has 0 saturated heterocycles.